The standard InChI is InChI=1S/C14H25N3O/c1-2-7-15-14(18)11-17-8-5-12(6-9-17)10-16-13-3-4-13/h2,12-13,16H,1,3-11H2,(H,15,18). The van der Waals surface area contributed by atoms with Crippen LogP contribution in [-0.4, -0.2) is 49.6 Å². The minimum absolute atomic E-state index is 0.115. The van der Waals surface area contributed by atoms with E-state index < -0.39 is 0 Å². The molecule has 0 bridgehead atoms. The molecule has 2 fully saturated rings. The predicted octanol–water partition coefficient (Wildman–Crippen LogP) is 0.753. The summed E-state index contributed by atoms with van der Waals surface area (Å²) in [4.78, 5) is 13.8. The average Bonchev–Trinajstić information content (AvgIpc) is 3.20. The molecule has 102 valence electrons. The number of hydrogen-bond acceptors (Lipinski definition) is 3. The van der Waals surface area contributed by atoms with Gasteiger partial charge in [0.25, 0.3) is 0 Å². The summed E-state index contributed by atoms with van der Waals surface area (Å²) in [6.45, 7) is 7.98. The third-order valence-electron chi connectivity index (χ3n) is 3.79. The summed E-state index contributed by atoms with van der Waals surface area (Å²) in [7, 11) is 0. The second-order valence-electron chi connectivity index (χ2n) is 5.49. The van der Waals surface area contributed by atoms with Gasteiger partial charge in [0, 0.05) is 12.6 Å². The van der Waals surface area contributed by atoms with E-state index in [4.69, 9.17) is 0 Å². The van der Waals surface area contributed by atoms with Crippen LogP contribution in [0.2, 0.25) is 0 Å². The van der Waals surface area contributed by atoms with E-state index in [0.717, 1.165) is 25.0 Å². The first-order valence-electron chi connectivity index (χ1n) is 7.11. The summed E-state index contributed by atoms with van der Waals surface area (Å²) in [5.41, 5.74) is 0. The maximum absolute atomic E-state index is 11.6. The third kappa shape index (κ3) is 4.78. The van der Waals surface area contributed by atoms with Crippen LogP contribution in [0.3, 0.4) is 0 Å². The predicted molar refractivity (Wildman–Crippen MR) is 73.4 cm³/mol. The van der Waals surface area contributed by atoms with Crippen molar-refractivity contribution in [2.45, 2.75) is 31.7 Å². The molecule has 0 spiro atoms. The fourth-order valence-electron chi connectivity index (χ4n) is 2.41. The largest absolute Gasteiger partial charge is 0.352 e. The Labute approximate surface area is 110 Å². The highest BCUT2D eigenvalue weighted by Gasteiger charge is 2.24. The van der Waals surface area contributed by atoms with E-state index >= 15 is 0 Å². The number of piperidine rings is 1. The number of carbonyl (C=O) groups excluding carboxylic acids is 1. The Hall–Kier alpha value is -0.870. The Kier molecular flexibility index (Phi) is 5.20. The second-order valence-corrected chi connectivity index (χ2v) is 5.49. The number of carbonyl (C=O) groups is 1. The molecule has 1 saturated heterocycles. The lowest BCUT2D eigenvalue weighted by Gasteiger charge is -2.31. The topological polar surface area (TPSA) is 44.4 Å². The molecule has 2 N–H and O–H groups in total. The molecule has 18 heavy (non-hydrogen) atoms. The molecule has 0 aromatic rings. The average molecular weight is 251 g/mol. The van der Waals surface area contributed by atoms with Crippen LogP contribution in [0, 0.1) is 5.92 Å². The van der Waals surface area contributed by atoms with Crippen molar-refractivity contribution in [1.29, 1.82) is 0 Å². The number of amides is 1. The number of hydrogen-bond donors (Lipinski definition) is 2. The molecule has 4 heteroatoms. The van der Waals surface area contributed by atoms with E-state index in [2.05, 4.69) is 22.1 Å². The van der Waals surface area contributed by atoms with Gasteiger partial charge in [0.05, 0.1) is 6.54 Å². The first-order valence-corrected chi connectivity index (χ1v) is 7.11. The Bertz CT molecular complexity index is 281. The molecule has 1 heterocycles. The van der Waals surface area contributed by atoms with Crippen molar-refractivity contribution in [3.63, 3.8) is 0 Å². The lowest BCUT2D eigenvalue weighted by atomic mass is 9.97. The smallest absolute Gasteiger partial charge is 0.234 e. The lowest BCUT2D eigenvalue weighted by Crippen LogP contribution is -2.43. The minimum atomic E-state index is 0.115. The van der Waals surface area contributed by atoms with Gasteiger partial charge in [0.2, 0.25) is 5.91 Å². The first-order chi connectivity index (χ1) is 8.78. The maximum atomic E-state index is 11.6. The van der Waals surface area contributed by atoms with Gasteiger partial charge in [-0.3, -0.25) is 9.69 Å². The van der Waals surface area contributed by atoms with Crippen LogP contribution in [0.15, 0.2) is 12.7 Å². The molecule has 0 atom stereocenters. The number of nitrogens with one attached hydrogen (secondary N) is 2. The van der Waals surface area contributed by atoms with Crippen molar-refractivity contribution in [1.82, 2.24) is 15.5 Å². The molecule has 0 aromatic heterocycles. The second kappa shape index (κ2) is 6.90. The van der Waals surface area contributed by atoms with Crippen molar-refractivity contribution in [2.24, 2.45) is 5.92 Å². The van der Waals surface area contributed by atoms with Gasteiger partial charge in [-0.15, -0.1) is 6.58 Å². The fourth-order valence-corrected chi connectivity index (χ4v) is 2.41. The van der Waals surface area contributed by atoms with Crippen molar-refractivity contribution in [3.05, 3.63) is 12.7 Å². The van der Waals surface area contributed by atoms with Gasteiger partial charge >= 0.3 is 0 Å². The summed E-state index contributed by atoms with van der Waals surface area (Å²) in [5, 5.41) is 6.43. The van der Waals surface area contributed by atoms with E-state index in [1.807, 2.05) is 0 Å². The molecule has 1 aliphatic carbocycles. The number of rotatable bonds is 7. The molecule has 1 saturated carbocycles. The van der Waals surface area contributed by atoms with Gasteiger partial charge < -0.3 is 10.6 Å². The van der Waals surface area contributed by atoms with Gasteiger partial charge in [-0.1, -0.05) is 6.08 Å². The zero-order chi connectivity index (χ0) is 12.8. The van der Waals surface area contributed by atoms with Crippen molar-refractivity contribution < 1.29 is 4.79 Å². The Morgan fingerprint density at radius 1 is 1.28 bits per heavy atom. The van der Waals surface area contributed by atoms with E-state index in [-0.39, 0.29) is 5.91 Å². The lowest BCUT2D eigenvalue weighted by molar-refractivity contribution is -0.122. The Balaban J connectivity index is 1.57. The highest BCUT2D eigenvalue weighted by atomic mass is 16.2. The number of nitrogens with zero attached hydrogens (tertiary/aromatic N) is 1. The van der Waals surface area contributed by atoms with Crippen LogP contribution < -0.4 is 10.6 Å². The van der Waals surface area contributed by atoms with Crippen LogP contribution in [0.4, 0.5) is 0 Å². The van der Waals surface area contributed by atoms with E-state index in [0.29, 0.717) is 13.1 Å². The normalized spacial score (nSPS) is 21.8. The van der Waals surface area contributed by atoms with Crippen LogP contribution >= 0.6 is 0 Å². The summed E-state index contributed by atoms with van der Waals surface area (Å²) >= 11 is 0. The quantitative estimate of drug-likeness (QED) is 0.656. The summed E-state index contributed by atoms with van der Waals surface area (Å²) in [6, 6.07) is 0.813. The molecular weight excluding hydrogens is 226 g/mol. The van der Waals surface area contributed by atoms with Gasteiger partial charge in [0.1, 0.15) is 0 Å². The molecule has 4 nitrogen and oxygen atoms in total. The van der Waals surface area contributed by atoms with E-state index in [1.165, 1.54) is 32.2 Å². The van der Waals surface area contributed by atoms with Crippen LogP contribution in [0.25, 0.3) is 0 Å². The fraction of sp³-hybridized carbons (Fsp3) is 0.786. The SMILES string of the molecule is C=CCNC(=O)CN1CCC(CNC2CC2)CC1. The van der Waals surface area contributed by atoms with E-state index in [1.54, 1.807) is 6.08 Å². The molecule has 1 amide bonds. The van der Waals surface area contributed by atoms with Crippen LogP contribution in [0.5, 0.6) is 0 Å². The minimum Gasteiger partial charge on any atom is -0.352 e. The van der Waals surface area contributed by atoms with Gasteiger partial charge in [-0.2, -0.15) is 0 Å². The highest BCUT2D eigenvalue weighted by molar-refractivity contribution is 5.78. The molecule has 0 radical (unpaired) electrons. The zero-order valence-electron chi connectivity index (χ0n) is 11.2. The summed E-state index contributed by atoms with van der Waals surface area (Å²) < 4.78 is 0. The molecule has 2 rings (SSSR count). The first kappa shape index (κ1) is 13.6. The Morgan fingerprint density at radius 3 is 2.61 bits per heavy atom. The molecular formula is C14H25N3O. The zero-order valence-corrected chi connectivity index (χ0v) is 11.2. The van der Waals surface area contributed by atoms with Crippen LogP contribution in [-0.2, 0) is 4.79 Å². The van der Waals surface area contributed by atoms with E-state index in [9.17, 15) is 4.79 Å². The number of likely N-dealkylation sites (tertiary alicyclic amines) is 1. The third-order valence-corrected chi connectivity index (χ3v) is 3.79. The molecule has 2 aliphatic rings. The maximum Gasteiger partial charge on any atom is 0.234 e. The monoisotopic (exact) mass is 251 g/mol. The van der Waals surface area contributed by atoms with Gasteiger partial charge in [-0.25, -0.2) is 0 Å². The molecule has 0 unspecified atom stereocenters. The van der Waals surface area contributed by atoms with Gasteiger partial charge in [-0.05, 0) is 51.2 Å². The molecule has 0 aromatic carbocycles. The van der Waals surface area contributed by atoms with Crippen molar-refractivity contribution in [3.8, 4) is 0 Å². The summed E-state index contributed by atoms with van der Waals surface area (Å²) in [5.74, 6) is 0.919. The van der Waals surface area contributed by atoms with Crippen molar-refractivity contribution >= 4 is 5.91 Å². The van der Waals surface area contributed by atoms with Crippen molar-refractivity contribution in [2.75, 3.05) is 32.7 Å². The van der Waals surface area contributed by atoms with Gasteiger partial charge in [0.15, 0.2) is 0 Å². The summed E-state index contributed by atoms with van der Waals surface area (Å²) in [6.07, 6.45) is 6.88. The molecule has 1 aliphatic heterocycles. The Morgan fingerprint density at radius 2 is 2.00 bits per heavy atom. The highest BCUT2D eigenvalue weighted by Crippen LogP contribution is 2.21. The van der Waals surface area contributed by atoms with Crippen LogP contribution in [0.1, 0.15) is 25.7 Å².